The lowest BCUT2D eigenvalue weighted by molar-refractivity contribution is 0.0949. The highest BCUT2D eigenvalue weighted by Crippen LogP contribution is 2.26. The van der Waals surface area contributed by atoms with Crippen molar-refractivity contribution in [2.75, 3.05) is 26.2 Å². The smallest absolute Gasteiger partial charge is 0.252 e. The molecule has 1 atom stereocenters. The molecule has 1 N–H and O–H groups in total. The third-order valence-electron chi connectivity index (χ3n) is 4.60. The average molecular weight is 325 g/mol. The Morgan fingerprint density at radius 3 is 2.75 bits per heavy atom. The third-order valence-corrected chi connectivity index (χ3v) is 4.60. The van der Waals surface area contributed by atoms with Crippen LogP contribution < -0.4 is 10.9 Å². The van der Waals surface area contributed by atoms with Gasteiger partial charge in [0.15, 0.2) is 0 Å². The first-order valence-corrected chi connectivity index (χ1v) is 8.35. The number of hydrogen-bond acceptors (Lipinski definition) is 3. The van der Waals surface area contributed by atoms with E-state index in [1.165, 1.54) is 22.6 Å². The van der Waals surface area contributed by atoms with Gasteiger partial charge >= 0.3 is 0 Å². The van der Waals surface area contributed by atoms with E-state index in [9.17, 15) is 9.59 Å². The minimum absolute atomic E-state index is 0.115. The summed E-state index contributed by atoms with van der Waals surface area (Å²) >= 11 is 0. The summed E-state index contributed by atoms with van der Waals surface area (Å²) in [7, 11) is 1.65. The Hall–Kier alpha value is -2.40. The number of nitrogens with one attached hydrogen (secondary N) is 1. The van der Waals surface area contributed by atoms with Crippen molar-refractivity contribution >= 4 is 5.91 Å². The molecule has 1 aliphatic rings. The second-order valence-electron chi connectivity index (χ2n) is 6.32. The van der Waals surface area contributed by atoms with Crippen LogP contribution in [0.2, 0.25) is 0 Å². The van der Waals surface area contributed by atoms with Crippen molar-refractivity contribution in [1.82, 2.24) is 14.8 Å². The number of pyridine rings is 1. The number of aromatic nitrogens is 1. The van der Waals surface area contributed by atoms with Crippen LogP contribution in [0.5, 0.6) is 0 Å². The van der Waals surface area contributed by atoms with Crippen LogP contribution >= 0.6 is 0 Å². The molecule has 3 rings (SSSR count). The summed E-state index contributed by atoms with van der Waals surface area (Å²) in [5.41, 5.74) is 1.80. The summed E-state index contributed by atoms with van der Waals surface area (Å²) in [6, 6.07) is 13.6. The first kappa shape index (κ1) is 16.5. The monoisotopic (exact) mass is 325 g/mol. The molecular weight excluding hydrogens is 302 g/mol. The first-order chi connectivity index (χ1) is 11.6. The highest BCUT2D eigenvalue weighted by molar-refractivity contribution is 5.93. The maximum absolute atomic E-state index is 12.1. The van der Waals surface area contributed by atoms with Crippen LogP contribution in [0.25, 0.3) is 0 Å². The fourth-order valence-corrected chi connectivity index (χ4v) is 3.19. The SMILES string of the molecule is Cn1cc(C(=O)NCCN2CCC(c3ccccc3)C2)ccc1=O. The highest BCUT2D eigenvalue weighted by Gasteiger charge is 2.23. The summed E-state index contributed by atoms with van der Waals surface area (Å²) in [4.78, 5) is 25.9. The number of hydrogen-bond donors (Lipinski definition) is 1. The van der Waals surface area contributed by atoms with Crippen molar-refractivity contribution in [3.05, 3.63) is 70.1 Å². The fourth-order valence-electron chi connectivity index (χ4n) is 3.19. The van der Waals surface area contributed by atoms with Crippen molar-refractivity contribution in [1.29, 1.82) is 0 Å². The van der Waals surface area contributed by atoms with Gasteiger partial charge in [0.2, 0.25) is 5.56 Å². The van der Waals surface area contributed by atoms with Crippen molar-refractivity contribution < 1.29 is 4.79 Å². The Labute approximate surface area is 141 Å². The summed E-state index contributed by atoms with van der Waals surface area (Å²) in [6.07, 6.45) is 2.73. The van der Waals surface area contributed by atoms with Crippen molar-refractivity contribution in [2.24, 2.45) is 7.05 Å². The van der Waals surface area contributed by atoms with Crippen LogP contribution in [-0.2, 0) is 7.05 Å². The maximum Gasteiger partial charge on any atom is 0.252 e. The zero-order valence-electron chi connectivity index (χ0n) is 13.9. The number of benzene rings is 1. The third kappa shape index (κ3) is 3.92. The molecule has 0 bridgehead atoms. The zero-order valence-corrected chi connectivity index (χ0v) is 13.9. The lowest BCUT2D eigenvalue weighted by Crippen LogP contribution is -2.34. The molecule has 2 aromatic rings. The van der Waals surface area contributed by atoms with E-state index in [2.05, 4.69) is 34.5 Å². The van der Waals surface area contributed by atoms with Crippen LogP contribution in [0, 0.1) is 0 Å². The molecule has 1 aromatic carbocycles. The predicted octanol–water partition coefficient (Wildman–Crippen LogP) is 1.60. The number of nitrogens with zero attached hydrogens (tertiary/aromatic N) is 2. The second-order valence-corrected chi connectivity index (χ2v) is 6.32. The molecule has 1 aromatic heterocycles. The number of aryl methyl sites for hydroxylation is 1. The molecule has 0 spiro atoms. The van der Waals surface area contributed by atoms with Gasteiger partial charge < -0.3 is 14.8 Å². The lowest BCUT2D eigenvalue weighted by atomic mass is 9.99. The standard InChI is InChI=1S/C19H23N3O2/c1-21-13-17(7-8-18(21)23)19(24)20-10-12-22-11-9-16(14-22)15-5-3-2-4-6-15/h2-8,13,16H,9-12,14H2,1H3,(H,20,24). The van der Waals surface area contributed by atoms with Gasteiger partial charge in [0.1, 0.15) is 0 Å². The molecule has 1 aliphatic heterocycles. The molecule has 1 amide bonds. The molecule has 5 heteroatoms. The van der Waals surface area contributed by atoms with Crippen LogP contribution in [0.3, 0.4) is 0 Å². The number of rotatable bonds is 5. The molecule has 2 heterocycles. The van der Waals surface area contributed by atoms with E-state index in [0.29, 0.717) is 18.0 Å². The van der Waals surface area contributed by atoms with Crippen molar-refractivity contribution in [3.63, 3.8) is 0 Å². The number of carbonyl (C=O) groups is 1. The van der Waals surface area contributed by atoms with E-state index in [-0.39, 0.29) is 11.5 Å². The van der Waals surface area contributed by atoms with E-state index in [1.807, 2.05) is 6.07 Å². The molecule has 1 saturated heterocycles. The Morgan fingerprint density at radius 2 is 2.00 bits per heavy atom. The highest BCUT2D eigenvalue weighted by atomic mass is 16.2. The van der Waals surface area contributed by atoms with Gasteiger partial charge in [-0.15, -0.1) is 0 Å². The minimum atomic E-state index is -0.135. The lowest BCUT2D eigenvalue weighted by Gasteiger charge is -2.16. The van der Waals surface area contributed by atoms with Gasteiger partial charge in [0.25, 0.3) is 5.91 Å². The minimum Gasteiger partial charge on any atom is -0.351 e. The van der Waals surface area contributed by atoms with Gasteiger partial charge in [-0.3, -0.25) is 9.59 Å². The topological polar surface area (TPSA) is 54.3 Å². The maximum atomic E-state index is 12.1. The van der Waals surface area contributed by atoms with Crippen LogP contribution in [0.15, 0.2) is 53.5 Å². The van der Waals surface area contributed by atoms with E-state index in [4.69, 9.17) is 0 Å². The van der Waals surface area contributed by atoms with E-state index < -0.39 is 0 Å². The Balaban J connectivity index is 1.46. The summed E-state index contributed by atoms with van der Waals surface area (Å²) in [5.74, 6) is 0.454. The first-order valence-electron chi connectivity index (χ1n) is 8.35. The van der Waals surface area contributed by atoms with E-state index in [0.717, 1.165) is 19.6 Å². The van der Waals surface area contributed by atoms with Gasteiger partial charge in [0, 0.05) is 38.9 Å². The molecule has 1 unspecified atom stereocenters. The van der Waals surface area contributed by atoms with Crippen LogP contribution in [-0.4, -0.2) is 41.6 Å². The van der Waals surface area contributed by atoms with Gasteiger partial charge in [-0.2, -0.15) is 0 Å². The molecule has 126 valence electrons. The molecule has 0 aliphatic carbocycles. The molecular formula is C19H23N3O2. The molecule has 0 saturated carbocycles. The largest absolute Gasteiger partial charge is 0.351 e. The van der Waals surface area contributed by atoms with Crippen LogP contribution in [0.4, 0.5) is 0 Å². The van der Waals surface area contributed by atoms with Gasteiger partial charge in [-0.25, -0.2) is 0 Å². The van der Waals surface area contributed by atoms with Gasteiger partial charge in [0.05, 0.1) is 5.56 Å². The number of likely N-dealkylation sites (tertiary alicyclic amines) is 1. The zero-order chi connectivity index (χ0) is 16.9. The summed E-state index contributed by atoms with van der Waals surface area (Å²) < 4.78 is 1.42. The van der Waals surface area contributed by atoms with E-state index in [1.54, 1.807) is 19.3 Å². The molecule has 1 fully saturated rings. The number of amides is 1. The molecule has 0 radical (unpaired) electrons. The van der Waals surface area contributed by atoms with E-state index >= 15 is 0 Å². The van der Waals surface area contributed by atoms with Crippen LogP contribution in [0.1, 0.15) is 28.3 Å². The summed E-state index contributed by atoms with van der Waals surface area (Å²) in [5, 5.41) is 2.93. The summed E-state index contributed by atoms with van der Waals surface area (Å²) in [6.45, 7) is 3.57. The predicted molar refractivity (Wildman–Crippen MR) is 94.3 cm³/mol. The fraction of sp³-hybridized carbons (Fsp3) is 0.368. The Kier molecular flexibility index (Phi) is 5.11. The average Bonchev–Trinajstić information content (AvgIpc) is 3.07. The molecule has 24 heavy (non-hydrogen) atoms. The normalized spacial score (nSPS) is 17.8. The van der Waals surface area contributed by atoms with Crippen molar-refractivity contribution in [2.45, 2.75) is 12.3 Å². The quantitative estimate of drug-likeness (QED) is 0.908. The van der Waals surface area contributed by atoms with Crippen molar-refractivity contribution in [3.8, 4) is 0 Å². The van der Waals surface area contributed by atoms with Gasteiger partial charge in [-0.1, -0.05) is 30.3 Å². The van der Waals surface area contributed by atoms with Gasteiger partial charge in [-0.05, 0) is 30.5 Å². The molecule has 5 nitrogen and oxygen atoms in total. The second kappa shape index (κ2) is 7.45. The number of carbonyl (C=O) groups excluding carboxylic acids is 1. The Bertz CT molecular complexity index is 755. The Morgan fingerprint density at radius 1 is 1.21 bits per heavy atom.